The molecule has 2 heterocycles. The van der Waals surface area contributed by atoms with Gasteiger partial charge in [-0.25, -0.2) is 0 Å². The van der Waals surface area contributed by atoms with E-state index in [4.69, 9.17) is 20.9 Å². The fourth-order valence-corrected chi connectivity index (χ4v) is 2.80. The van der Waals surface area contributed by atoms with Gasteiger partial charge in [0, 0.05) is 18.7 Å². The van der Waals surface area contributed by atoms with Crippen LogP contribution in [-0.4, -0.2) is 30.3 Å². The topological polar surface area (TPSA) is 64.4 Å². The number of carbonyl (C=O) groups excluding carboxylic acids is 1. The average Bonchev–Trinajstić information content (AvgIpc) is 3.15. The van der Waals surface area contributed by atoms with E-state index in [-0.39, 0.29) is 12.0 Å². The van der Waals surface area contributed by atoms with E-state index in [2.05, 4.69) is 10.5 Å². The molecule has 0 aliphatic carbocycles. The summed E-state index contributed by atoms with van der Waals surface area (Å²) in [5, 5.41) is 7.42. The monoisotopic (exact) mass is 320 g/mol. The van der Waals surface area contributed by atoms with Gasteiger partial charge in [0.2, 0.25) is 0 Å². The number of halogens is 1. The summed E-state index contributed by atoms with van der Waals surface area (Å²) in [5.41, 5.74) is 1.57. The van der Waals surface area contributed by atoms with Gasteiger partial charge in [-0.2, -0.15) is 0 Å². The summed E-state index contributed by atoms with van der Waals surface area (Å²) >= 11 is 6.19. The molecule has 0 bridgehead atoms. The molecule has 0 radical (unpaired) electrons. The van der Waals surface area contributed by atoms with Crippen molar-refractivity contribution in [3.63, 3.8) is 0 Å². The van der Waals surface area contributed by atoms with E-state index in [0.29, 0.717) is 34.1 Å². The first-order valence-corrected chi connectivity index (χ1v) is 7.65. The minimum atomic E-state index is -0.218. The van der Waals surface area contributed by atoms with Crippen LogP contribution in [0.15, 0.2) is 28.8 Å². The lowest BCUT2D eigenvalue weighted by Gasteiger charge is -2.11. The first-order valence-electron chi connectivity index (χ1n) is 7.28. The number of rotatable bonds is 4. The highest BCUT2D eigenvalue weighted by atomic mass is 35.5. The Morgan fingerprint density at radius 1 is 1.45 bits per heavy atom. The maximum atomic E-state index is 12.5. The Hall–Kier alpha value is -1.85. The second kappa shape index (κ2) is 6.50. The van der Waals surface area contributed by atoms with E-state index < -0.39 is 0 Å². The van der Waals surface area contributed by atoms with E-state index in [1.807, 2.05) is 18.2 Å². The molecule has 0 spiro atoms. The first-order chi connectivity index (χ1) is 10.7. The minimum absolute atomic E-state index is 0.0906. The number of aryl methyl sites for hydroxylation is 1. The molecule has 1 aliphatic rings. The number of benzene rings is 1. The first kappa shape index (κ1) is 15.1. The van der Waals surface area contributed by atoms with Crippen LogP contribution in [0.5, 0.6) is 0 Å². The molecule has 0 unspecified atom stereocenters. The van der Waals surface area contributed by atoms with Gasteiger partial charge in [0.15, 0.2) is 0 Å². The molecule has 1 N–H and O–H groups in total. The maximum absolute atomic E-state index is 12.5. The van der Waals surface area contributed by atoms with Gasteiger partial charge in [-0.15, -0.1) is 0 Å². The third-order valence-corrected chi connectivity index (χ3v) is 4.06. The van der Waals surface area contributed by atoms with Gasteiger partial charge in [0.25, 0.3) is 5.91 Å². The lowest BCUT2D eigenvalue weighted by atomic mass is 10.1. The van der Waals surface area contributed by atoms with E-state index >= 15 is 0 Å². The Morgan fingerprint density at radius 3 is 3.00 bits per heavy atom. The zero-order chi connectivity index (χ0) is 15.5. The van der Waals surface area contributed by atoms with Gasteiger partial charge >= 0.3 is 0 Å². The summed E-state index contributed by atoms with van der Waals surface area (Å²) in [6, 6.07) is 7.25. The molecule has 1 saturated heterocycles. The number of nitrogens with zero attached hydrogens (tertiary/aromatic N) is 1. The molecule has 3 rings (SSSR count). The molecule has 1 aromatic carbocycles. The second-order valence-electron chi connectivity index (χ2n) is 5.29. The summed E-state index contributed by atoms with van der Waals surface area (Å²) in [5.74, 6) is 0.254. The number of nitrogens with one attached hydrogen (secondary N) is 1. The minimum Gasteiger partial charge on any atom is -0.376 e. The molecule has 1 fully saturated rings. The number of carbonyl (C=O) groups is 1. The molecule has 1 atom stereocenters. The summed E-state index contributed by atoms with van der Waals surface area (Å²) in [6.07, 6.45) is 2.10. The predicted octanol–water partition coefficient (Wildman–Crippen LogP) is 3.21. The molecular formula is C16H17ClN2O3. The van der Waals surface area contributed by atoms with Crippen LogP contribution in [0.1, 0.15) is 29.0 Å². The van der Waals surface area contributed by atoms with E-state index in [0.717, 1.165) is 19.4 Å². The zero-order valence-corrected chi connectivity index (χ0v) is 13.0. The lowest BCUT2D eigenvalue weighted by molar-refractivity contribution is 0.0857. The Labute approximate surface area is 133 Å². The fourth-order valence-electron chi connectivity index (χ4n) is 2.58. The van der Waals surface area contributed by atoms with Crippen molar-refractivity contribution in [3.05, 3.63) is 40.6 Å². The standard InChI is InChI=1S/C16H17ClN2O3/c1-10-14(16(20)18-9-11-5-4-8-21-11)15(19-22-10)12-6-2-3-7-13(12)17/h2-3,6-7,11H,4-5,8-9H2,1H3,(H,18,20)/t11-/m1/s1. The highest BCUT2D eigenvalue weighted by Crippen LogP contribution is 2.30. The molecule has 22 heavy (non-hydrogen) atoms. The zero-order valence-electron chi connectivity index (χ0n) is 12.3. The fraction of sp³-hybridized carbons (Fsp3) is 0.375. The summed E-state index contributed by atoms with van der Waals surface area (Å²) in [7, 11) is 0. The van der Waals surface area contributed by atoms with Crippen LogP contribution in [0.3, 0.4) is 0 Å². The smallest absolute Gasteiger partial charge is 0.257 e. The molecular weight excluding hydrogens is 304 g/mol. The van der Waals surface area contributed by atoms with Crippen LogP contribution in [0.4, 0.5) is 0 Å². The van der Waals surface area contributed by atoms with E-state index in [1.54, 1.807) is 13.0 Å². The van der Waals surface area contributed by atoms with Crippen LogP contribution < -0.4 is 5.32 Å². The normalized spacial score (nSPS) is 17.6. The van der Waals surface area contributed by atoms with Crippen molar-refractivity contribution in [1.29, 1.82) is 0 Å². The van der Waals surface area contributed by atoms with Gasteiger partial charge < -0.3 is 14.6 Å². The van der Waals surface area contributed by atoms with Crippen LogP contribution in [0.25, 0.3) is 11.3 Å². The van der Waals surface area contributed by atoms with Gasteiger partial charge in [0.05, 0.1) is 11.1 Å². The third kappa shape index (κ3) is 3.00. The van der Waals surface area contributed by atoms with Crippen LogP contribution in [0.2, 0.25) is 5.02 Å². The third-order valence-electron chi connectivity index (χ3n) is 3.73. The predicted molar refractivity (Wildman–Crippen MR) is 83.0 cm³/mol. The number of hydrogen-bond acceptors (Lipinski definition) is 4. The molecule has 1 amide bonds. The highest BCUT2D eigenvalue weighted by Gasteiger charge is 2.24. The van der Waals surface area contributed by atoms with E-state index in [9.17, 15) is 4.79 Å². The van der Waals surface area contributed by atoms with Gasteiger partial charge in [-0.05, 0) is 25.8 Å². The van der Waals surface area contributed by atoms with E-state index in [1.165, 1.54) is 0 Å². The van der Waals surface area contributed by atoms with Crippen molar-refractivity contribution < 1.29 is 14.1 Å². The Kier molecular flexibility index (Phi) is 4.45. The van der Waals surface area contributed by atoms with Crippen LogP contribution in [-0.2, 0) is 4.74 Å². The molecule has 1 aliphatic heterocycles. The summed E-state index contributed by atoms with van der Waals surface area (Å²) in [6.45, 7) is 2.97. The maximum Gasteiger partial charge on any atom is 0.257 e. The van der Waals surface area contributed by atoms with Gasteiger partial charge in [-0.1, -0.05) is 35.0 Å². The Bertz CT molecular complexity index is 678. The Morgan fingerprint density at radius 2 is 2.27 bits per heavy atom. The van der Waals surface area contributed by atoms with Crippen molar-refractivity contribution >= 4 is 17.5 Å². The summed E-state index contributed by atoms with van der Waals surface area (Å²) in [4.78, 5) is 12.5. The molecule has 5 nitrogen and oxygen atoms in total. The van der Waals surface area contributed by atoms with Crippen molar-refractivity contribution in [3.8, 4) is 11.3 Å². The lowest BCUT2D eigenvalue weighted by Crippen LogP contribution is -2.32. The van der Waals surface area contributed by atoms with Crippen LogP contribution >= 0.6 is 11.6 Å². The molecule has 0 saturated carbocycles. The largest absolute Gasteiger partial charge is 0.376 e. The number of amides is 1. The van der Waals surface area contributed by atoms with Gasteiger partial charge in [0.1, 0.15) is 17.0 Å². The van der Waals surface area contributed by atoms with Crippen molar-refractivity contribution in [2.24, 2.45) is 0 Å². The van der Waals surface area contributed by atoms with Crippen molar-refractivity contribution in [2.75, 3.05) is 13.2 Å². The quantitative estimate of drug-likeness (QED) is 0.939. The molecule has 116 valence electrons. The second-order valence-corrected chi connectivity index (χ2v) is 5.69. The average molecular weight is 321 g/mol. The van der Waals surface area contributed by atoms with Crippen LogP contribution in [0, 0.1) is 6.92 Å². The molecule has 2 aromatic rings. The highest BCUT2D eigenvalue weighted by molar-refractivity contribution is 6.33. The van der Waals surface area contributed by atoms with Crippen molar-refractivity contribution in [1.82, 2.24) is 10.5 Å². The number of ether oxygens (including phenoxy) is 1. The SMILES string of the molecule is Cc1onc(-c2ccccc2Cl)c1C(=O)NC[C@H]1CCCO1. The number of hydrogen-bond donors (Lipinski definition) is 1. The number of aromatic nitrogens is 1. The summed E-state index contributed by atoms with van der Waals surface area (Å²) < 4.78 is 10.7. The molecule has 6 heteroatoms. The molecule has 1 aromatic heterocycles. The van der Waals surface area contributed by atoms with Crippen molar-refractivity contribution in [2.45, 2.75) is 25.9 Å². The Balaban J connectivity index is 1.82. The van der Waals surface area contributed by atoms with Gasteiger partial charge in [-0.3, -0.25) is 4.79 Å².